The fourth-order valence-electron chi connectivity index (χ4n) is 6.56. The summed E-state index contributed by atoms with van der Waals surface area (Å²) in [5, 5.41) is 6.88. The minimum Gasteiger partial charge on any atom is -0.256 e. The summed E-state index contributed by atoms with van der Waals surface area (Å²) in [5.74, 6) is 0.684. The highest BCUT2D eigenvalue weighted by molar-refractivity contribution is 6.32. The molecule has 214 valence electrons. The third-order valence-corrected chi connectivity index (χ3v) is 8.70. The quantitative estimate of drug-likeness (QED) is 0.193. The first-order chi connectivity index (χ1) is 22.8. The van der Waals surface area contributed by atoms with E-state index in [9.17, 15) is 0 Å². The molecule has 9 aromatic rings. The predicted octanol–water partition coefficient (Wildman–Crippen LogP) is 10.5. The first-order valence-corrected chi connectivity index (χ1v) is 15.4. The summed E-state index contributed by atoms with van der Waals surface area (Å²) in [7, 11) is 0. The van der Waals surface area contributed by atoms with Gasteiger partial charge in [0.2, 0.25) is 0 Å². The summed E-state index contributed by atoms with van der Waals surface area (Å²) in [6.07, 6.45) is 1.87. The molecular formula is C42H26N4. The van der Waals surface area contributed by atoms with Crippen LogP contribution in [0.1, 0.15) is 0 Å². The molecule has 0 saturated carbocycles. The van der Waals surface area contributed by atoms with Crippen LogP contribution in [0, 0.1) is 0 Å². The van der Waals surface area contributed by atoms with Crippen molar-refractivity contribution in [1.82, 2.24) is 19.9 Å². The molecule has 0 spiro atoms. The second-order valence-corrected chi connectivity index (χ2v) is 11.4. The van der Waals surface area contributed by atoms with E-state index in [0.717, 1.165) is 71.9 Å². The van der Waals surface area contributed by atoms with Crippen LogP contribution in [0.15, 0.2) is 158 Å². The Bertz CT molecular complexity index is 2500. The molecule has 0 aliphatic heterocycles. The Balaban J connectivity index is 1.26. The molecule has 0 fully saturated rings. The van der Waals surface area contributed by atoms with Gasteiger partial charge in [0.15, 0.2) is 5.82 Å². The van der Waals surface area contributed by atoms with Crippen LogP contribution in [0.25, 0.3) is 88.5 Å². The first-order valence-electron chi connectivity index (χ1n) is 15.4. The average Bonchev–Trinajstić information content (AvgIpc) is 3.15. The van der Waals surface area contributed by atoms with Crippen LogP contribution >= 0.6 is 0 Å². The zero-order valence-electron chi connectivity index (χ0n) is 24.8. The van der Waals surface area contributed by atoms with E-state index >= 15 is 0 Å². The van der Waals surface area contributed by atoms with Gasteiger partial charge in [-0.25, -0.2) is 15.0 Å². The van der Waals surface area contributed by atoms with Crippen molar-refractivity contribution in [2.24, 2.45) is 0 Å². The van der Waals surface area contributed by atoms with Gasteiger partial charge in [-0.2, -0.15) is 0 Å². The Labute approximate surface area is 265 Å². The van der Waals surface area contributed by atoms with Crippen molar-refractivity contribution in [2.75, 3.05) is 0 Å². The van der Waals surface area contributed by atoms with Gasteiger partial charge in [0.05, 0.1) is 28.1 Å². The van der Waals surface area contributed by atoms with Gasteiger partial charge in [-0.15, -0.1) is 0 Å². The highest BCUT2D eigenvalue weighted by atomic mass is 14.9. The summed E-state index contributed by atoms with van der Waals surface area (Å²) in [6.45, 7) is 0. The molecule has 3 heterocycles. The van der Waals surface area contributed by atoms with Gasteiger partial charge < -0.3 is 0 Å². The van der Waals surface area contributed by atoms with E-state index < -0.39 is 0 Å². The van der Waals surface area contributed by atoms with Crippen molar-refractivity contribution in [3.63, 3.8) is 0 Å². The van der Waals surface area contributed by atoms with Crippen LogP contribution in [0.4, 0.5) is 0 Å². The molecule has 0 atom stereocenters. The Kier molecular flexibility index (Phi) is 6.10. The van der Waals surface area contributed by atoms with Crippen LogP contribution in [0.3, 0.4) is 0 Å². The SMILES string of the molecule is c1ccc(-c2cc(-c3ccccc3)nc(-c3ccc(-c4nc5ccccc5c5c6ccccc6c6ncccc6c45)cc3)n2)cc1. The summed E-state index contributed by atoms with van der Waals surface area (Å²) < 4.78 is 0. The summed E-state index contributed by atoms with van der Waals surface area (Å²) in [5.41, 5.74) is 8.76. The van der Waals surface area contributed by atoms with Crippen molar-refractivity contribution in [3.8, 4) is 45.2 Å². The van der Waals surface area contributed by atoms with Crippen molar-refractivity contribution in [1.29, 1.82) is 0 Å². The molecule has 0 unspecified atom stereocenters. The number of hydrogen-bond donors (Lipinski definition) is 0. The second kappa shape index (κ2) is 10.7. The third-order valence-electron chi connectivity index (χ3n) is 8.70. The fourth-order valence-corrected chi connectivity index (χ4v) is 6.56. The van der Waals surface area contributed by atoms with Gasteiger partial charge in [0, 0.05) is 55.4 Å². The molecule has 0 aliphatic carbocycles. The Morgan fingerprint density at radius 3 is 1.63 bits per heavy atom. The van der Waals surface area contributed by atoms with Gasteiger partial charge in [-0.05, 0) is 23.6 Å². The molecule has 46 heavy (non-hydrogen) atoms. The van der Waals surface area contributed by atoms with Gasteiger partial charge >= 0.3 is 0 Å². The van der Waals surface area contributed by atoms with Crippen molar-refractivity contribution in [3.05, 3.63) is 158 Å². The highest BCUT2D eigenvalue weighted by Crippen LogP contribution is 2.42. The van der Waals surface area contributed by atoms with E-state index in [1.165, 1.54) is 10.8 Å². The first kappa shape index (κ1) is 26.2. The molecule has 0 amide bonds. The average molecular weight is 587 g/mol. The van der Waals surface area contributed by atoms with Gasteiger partial charge in [-0.1, -0.05) is 133 Å². The molecule has 0 N–H and O–H groups in total. The minimum absolute atomic E-state index is 0.684. The molecule has 0 aliphatic rings. The van der Waals surface area contributed by atoms with Crippen LogP contribution < -0.4 is 0 Å². The lowest BCUT2D eigenvalue weighted by Crippen LogP contribution is -1.96. The standard InChI is InChI=1S/C42H26N4/c1-3-12-27(13-4-1)36-26-37(28-14-5-2-6-15-28)46-42(45-36)30-23-21-29(22-24-30)40-39-34-19-11-25-43-41(34)32-17-8-7-16-31(32)38(39)33-18-9-10-20-35(33)44-40/h1-26H. The van der Waals surface area contributed by atoms with E-state index in [1.807, 2.05) is 48.7 Å². The zero-order chi connectivity index (χ0) is 30.5. The van der Waals surface area contributed by atoms with Crippen LogP contribution in [0.2, 0.25) is 0 Å². The lowest BCUT2D eigenvalue weighted by molar-refractivity contribution is 1.18. The van der Waals surface area contributed by atoms with E-state index in [4.69, 9.17) is 19.9 Å². The maximum Gasteiger partial charge on any atom is 0.160 e. The molecular weight excluding hydrogens is 560 g/mol. The van der Waals surface area contributed by atoms with E-state index in [1.54, 1.807) is 0 Å². The molecule has 6 aromatic carbocycles. The van der Waals surface area contributed by atoms with E-state index in [0.29, 0.717) is 5.82 Å². The molecule has 0 saturated heterocycles. The smallest absolute Gasteiger partial charge is 0.160 e. The number of nitrogens with zero attached hydrogens (tertiary/aromatic N) is 4. The molecule has 3 aromatic heterocycles. The maximum atomic E-state index is 5.28. The molecule has 9 rings (SSSR count). The summed E-state index contributed by atoms with van der Waals surface area (Å²) >= 11 is 0. The monoisotopic (exact) mass is 586 g/mol. The summed E-state index contributed by atoms with van der Waals surface area (Å²) in [6, 6.07) is 52.3. The van der Waals surface area contributed by atoms with Crippen molar-refractivity contribution < 1.29 is 0 Å². The van der Waals surface area contributed by atoms with Gasteiger partial charge in [-0.3, -0.25) is 4.98 Å². The fraction of sp³-hybridized carbons (Fsp3) is 0. The largest absolute Gasteiger partial charge is 0.256 e. The van der Waals surface area contributed by atoms with E-state index in [2.05, 4.69) is 109 Å². The zero-order valence-corrected chi connectivity index (χ0v) is 24.8. The molecule has 0 radical (unpaired) electrons. The van der Waals surface area contributed by atoms with Crippen LogP contribution in [0.5, 0.6) is 0 Å². The molecule has 4 heteroatoms. The van der Waals surface area contributed by atoms with Crippen molar-refractivity contribution in [2.45, 2.75) is 0 Å². The Morgan fingerprint density at radius 1 is 0.370 bits per heavy atom. The van der Waals surface area contributed by atoms with E-state index in [-0.39, 0.29) is 0 Å². The third kappa shape index (κ3) is 4.31. The highest BCUT2D eigenvalue weighted by Gasteiger charge is 2.18. The van der Waals surface area contributed by atoms with Crippen LogP contribution in [-0.2, 0) is 0 Å². The number of fused-ring (bicyclic) bond motifs is 8. The molecule has 4 nitrogen and oxygen atoms in total. The van der Waals surface area contributed by atoms with Crippen LogP contribution in [-0.4, -0.2) is 19.9 Å². The minimum atomic E-state index is 0.684. The Morgan fingerprint density at radius 2 is 0.935 bits per heavy atom. The number of benzene rings is 6. The predicted molar refractivity (Wildman–Crippen MR) is 189 cm³/mol. The lowest BCUT2D eigenvalue weighted by atomic mass is 9.91. The molecule has 0 bridgehead atoms. The number of hydrogen-bond acceptors (Lipinski definition) is 4. The van der Waals surface area contributed by atoms with Gasteiger partial charge in [0.25, 0.3) is 0 Å². The number of para-hydroxylation sites is 1. The normalized spacial score (nSPS) is 11.5. The number of pyridine rings is 2. The second-order valence-electron chi connectivity index (χ2n) is 11.4. The summed E-state index contributed by atoms with van der Waals surface area (Å²) in [4.78, 5) is 20.2. The maximum absolute atomic E-state index is 5.28. The van der Waals surface area contributed by atoms with Crippen molar-refractivity contribution >= 4 is 43.4 Å². The Hall–Kier alpha value is -6.26. The topological polar surface area (TPSA) is 51.6 Å². The number of rotatable bonds is 4. The lowest BCUT2D eigenvalue weighted by Gasteiger charge is -2.16. The van der Waals surface area contributed by atoms with Gasteiger partial charge in [0.1, 0.15) is 0 Å². The number of aromatic nitrogens is 4.